The molecule has 0 spiro atoms. The van der Waals surface area contributed by atoms with Crippen LogP contribution >= 0.6 is 21.6 Å². The van der Waals surface area contributed by atoms with E-state index in [0.29, 0.717) is 0 Å². The summed E-state index contributed by atoms with van der Waals surface area (Å²) in [5.74, 6) is 0. The summed E-state index contributed by atoms with van der Waals surface area (Å²) in [5, 5.41) is 2.91. The minimum Gasteiger partial charge on any atom is -0.0864 e. The average Bonchev–Trinajstić information content (AvgIpc) is 1.89. The Balaban J connectivity index is 3.06. The topological polar surface area (TPSA) is 0 Å². The molecule has 0 aliphatic heterocycles. The summed E-state index contributed by atoms with van der Waals surface area (Å²) in [5.41, 5.74) is 0. The van der Waals surface area contributed by atoms with Crippen molar-refractivity contribution in [3.8, 4) is 0 Å². The van der Waals surface area contributed by atoms with E-state index in [0.717, 1.165) is 5.25 Å². The Hall–Kier alpha value is 0.440. The quantitative estimate of drug-likeness (QED) is 0.578. The van der Waals surface area contributed by atoms with Crippen molar-refractivity contribution in [2.45, 2.75) is 32.4 Å². The Morgan fingerprint density at radius 3 is 2.67 bits per heavy atom. The smallest absolute Gasteiger partial charge is 0.0123 e. The number of hydrogen-bond acceptors (Lipinski definition) is 2. The highest BCUT2D eigenvalue weighted by molar-refractivity contribution is 8.78. The summed E-state index contributed by atoms with van der Waals surface area (Å²) >= 11 is 0. The van der Waals surface area contributed by atoms with E-state index in [1.807, 2.05) is 28.5 Å². The van der Waals surface area contributed by atoms with E-state index in [-0.39, 0.29) is 0 Å². The molecule has 2 heteroatoms. The molecule has 0 heterocycles. The second kappa shape index (κ2) is 6.56. The van der Waals surface area contributed by atoms with Crippen molar-refractivity contribution < 1.29 is 0 Å². The van der Waals surface area contributed by atoms with Crippen LogP contribution in [0.2, 0.25) is 0 Å². The van der Waals surface area contributed by atoms with Gasteiger partial charge >= 0.3 is 0 Å². The van der Waals surface area contributed by atoms with Crippen LogP contribution in [0.5, 0.6) is 0 Å². The van der Waals surface area contributed by atoms with Crippen molar-refractivity contribution in [2.24, 2.45) is 0 Å². The predicted octanol–water partition coefficient (Wildman–Crippen LogP) is 3.70. The van der Waals surface area contributed by atoms with E-state index in [9.17, 15) is 0 Å². The molecule has 0 saturated carbocycles. The molecule has 0 rings (SSSR count). The average molecular weight is 162 g/mol. The van der Waals surface area contributed by atoms with Crippen LogP contribution in [0.15, 0.2) is 11.5 Å². The molecule has 0 aliphatic carbocycles. The van der Waals surface area contributed by atoms with E-state index in [1.54, 1.807) is 0 Å². The molecule has 0 aromatic rings. The van der Waals surface area contributed by atoms with Gasteiger partial charge in [-0.15, -0.1) is 0 Å². The van der Waals surface area contributed by atoms with Gasteiger partial charge in [0.25, 0.3) is 0 Å². The molecule has 0 N–H and O–H groups in total. The zero-order valence-electron chi connectivity index (χ0n) is 6.26. The maximum absolute atomic E-state index is 2.25. The van der Waals surface area contributed by atoms with Crippen LogP contribution < -0.4 is 0 Å². The van der Waals surface area contributed by atoms with Gasteiger partial charge in [0.15, 0.2) is 0 Å². The highest BCUT2D eigenvalue weighted by atomic mass is 33.1. The molecule has 0 unspecified atom stereocenters. The van der Waals surface area contributed by atoms with Gasteiger partial charge in [-0.2, -0.15) is 0 Å². The summed E-state index contributed by atoms with van der Waals surface area (Å²) in [6, 6.07) is 0. The van der Waals surface area contributed by atoms with E-state index < -0.39 is 0 Å². The highest BCUT2D eigenvalue weighted by Gasteiger charge is 1.95. The Kier molecular flexibility index (Phi) is 6.88. The van der Waals surface area contributed by atoms with Crippen LogP contribution in [-0.2, 0) is 0 Å². The highest BCUT2D eigenvalue weighted by Crippen LogP contribution is 2.28. The Labute approximate surface area is 65.9 Å². The van der Waals surface area contributed by atoms with Crippen molar-refractivity contribution in [2.75, 3.05) is 0 Å². The van der Waals surface area contributed by atoms with E-state index in [2.05, 4.69) is 25.3 Å². The molecule has 0 nitrogen and oxygen atoms in total. The maximum atomic E-state index is 2.25. The lowest BCUT2D eigenvalue weighted by Gasteiger charge is -2.02. The molecule has 0 bridgehead atoms. The SMILES string of the molecule is CC=CSS[C@H](C)CC. The number of hydrogen-bond donors (Lipinski definition) is 0. The molecule has 0 fully saturated rings. The summed E-state index contributed by atoms with van der Waals surface area (Å²) in [7, 11) is 3.75. The van der Waals surface area contributed by atoms with Crippen LogP contribution in [0, 0.1) is 0 Å². The van der Waals surface area contributed by atoms with Crippen LogP contribution in [0.1, 0.15) is 27.2 Å². The first-order chi connectivity index (χ1) is 4.31. The van der Waals surface area contributed by atoms with Crippen LogP contribution in [0.25, 0.3) is 0 Å². The molecular weight excluding hydrogens is 148 g/mol. The fraction of sp³-hybridized carbons (Fsp3) is 0.714. The van der Waals surface area contributed by atoms with Crippen LogP contribution in [0.4, 0.5) is 0 Å². The fourth-order valence-electron chi connectivity index (χ4n) is 0.251. The van der Waals surface area contributed by atoms with Gasteiger partial charge in [0.2, 0.25) is 0 Å². The van der Waals surface area contributed by atoms with Gasteiger partial charge < -0.3 is 0 Å². The minimum absolute atomic E-state index is 0.784. The summed E-state index contributed by atoms with van der Waals surface area (Å²) in [6.45, 7) is 6.51. The molecule has 0 aliphatic rings. The van der Waals surface area contributed by atoms with E-state index in [1.165, 1.54) is 6.42 Å². The molecule has 1 atom stereocenters. The molecule has 54 valence electrons. The number of allylic oxidation sites excluding steroid dienone is 1. The van der Waals surface area contributed by atoms with Gasteiger partial charge in [-0.05, 0) is 18.8 Å². The second-order valence-corrected chi connectivity index (χ2v) is 4.50. The standard InChI is InChI=1S/C7H14S2/c1-4-6-8-9-7(3)5-2/h4,6-7H,5H2,1-3H3/t7-/m1/s1. The minimum atomic E-state index is 0.784. The second-order valence-electron chi connectivity index (χ2n) is 1.88. The Morgan fingerprint density at radius 1 is 1.56 bits per heavy atom. The summed E-state index contributed by atoms with van der Waals surface area (Å²) in [4.78, 5) is 0. The molecule has 0 aromatic heterocycles. The summed E-state index contributed by atoms with van der Waals surface area (Å²) < 4.78 is 0. The zero-order valence-corrected chi connectivity index (χ0v) is 7.89. The van der Waals surface area contributed by atoms with Crippen LogP contribution in [-0.4, -0.2) is 5.25 Å². The first-order valence-corrected chi connectivity index (χ1v) is 5.52. The molecule has 0 aromatic carbocycles. The monoisotopic (exact) mass is 162 g/mol. The van der Waals surface area contributed by atoms with Gasteiger partial charge in [0, 0.05) is 5.25 Å². The Morgan fingerprint density at radius 2 is 2.22 bits per heavy atom. The van der Waals surface area contributed by atoms with E-state index in [4.69, 9.17) is 0 Å². The van der Waals surface area contributed by atoms with Gasteiger partial charge in [-0.3, -0.25) is 0 Å². The fourth-order valence-corrected chi connectivity index (χ4v) is 2.25. The number of rotatable bonds is 4. The van der Waals surface area contributed by atoms with Crippen molar-refractivity contribution in [1.82, 2.24) is 0 Å². The third-order valence-corrected chi connectivity index (χ3v) is 3.79. The van der Waals surface area contributed by atoms with Crippen LogP contribution in [0.3, 0.4) is 0 Å². The Bertz CT molecular complexity index is 79.0. The normalized spacial score (nSPS) is 14.6. The first kappa shape index (κ1) is 9.44. The van der Waals surface area contributed by atoms with Crippen molar-refractivity contribution in [1.29, 1.82) is 0 Å². The van der Waals surface area contributed by atoms with Gasteiger partial charge in [-0.25, -0.2) is 0 Å². The zero-order chi connectivity index (χ0) is 7.11. The lowest BCUT2D eigenvalue weighted by molar-refractivity contribution is 0.912. The van der Waals surface area contributed by atoms with Crippen molar-refractivity contribution >= 4 is 21.6 Å². The van der Waals surface area contributed by atoms with Crippen molar-refractivity contribution in [3.63, 3.8) is 0 Å². The molecule has 0 saturated heterocycles. The first-order valence-electron chi connectivity index (χ1n) is 3.24. The van der Waals surface area contributed by atoms with Gasteiger partial charge in [0.1, 0.15) is 0 Å². The third-order valence-electron chi connectivity index (χ3n) is 0.986. The predicted molar refractivity (Wildman–Crippen MR) is 49.7 cm³/mol. The maximum Gasteiger partial charge on any atom is 0.0123 e. The lowest BCUT2D eigenvalue weighted by atomic mass is 10.4. The van der Waals surface area contributed by atoms with Gasteiger partial charge in [0.05, 0.1) is 0 Å². The van der Waals surface area contributed by atoms with E-state index >= 15 is 0 Å². The van der Waals surface area contributed by atoms with Crippen molar-refractivity contribution in [3.05, 3.63) is 11.5 Å². The summed E-state index contributed by atoms with van der Waals surface area (Å²) in [6.07, 6.45) is 3.33. The molecule has 0 radical (unpaired) electrons. The molecule has 0 amide bonds. The molecule has 9 heavy (non-hydrogen) atoms. The van der Waals surface area contributed by atoms with Gasteiger partial charge in [-0.1, -0.05) is 41.5 Å². The lowest BCUT2D eigenvalue weighted by Crippen LogP contribution is -1.86. The molecular formula is C7H14S2. The largest absolute Gasteiger partial charge is 0.0864 e. The third kappa shape index (κ3) is 6.32.